The fourth-order valence-corrected chi connectivity index (χ4v) is 2.60. The van der Waals surface area contributed by atoms with Gasteiger partial charge < -0.3 is 15.4 Å². The van der Waals surface area contributed by atoms with E-state index >= 15 is 0 Å². The zero-order chi connectivity index (χ0) is 15.4. The second kappa shape index (κ2) is 6.49. The maximum Gasteiger partial charge on any atom is 0.225 e. The molecule has 21 heavy (non-hydrogen) atoms. The minimum atomic E-state index is -0.00682. The number of benzene rings is 1. The Morgan fingerprint density at radius 1 is 1.57 bits per heavy atom. The van der Waals surface area contributed by atoms with Gasteiger partial charge in [-0.1, -0.05) is 19.9 Å². The van der Waals surface area contributed by atoms with E-state index in [1.165, 1.54) is 0 Å². The molecular weight excluding hydrogens is 266 g/mol. The van der Waals surface area contributed by atoms with E-state index in [4.69, 9.17) is 15.7 Å². The van der Waals surface area contributed by atoms with Gasteiger partial charge in [-0.25, -0.2) is 0 Å². The first-order valence-corrected chi connectivity index (χ1v) is 7.26. The number of nitriles is 1. The molecule has 2 N–H and O–H groups in total. The van der Waals surface area contributed by atoms with Gasteiger partial charge in [0.2, 0.25) is 5.91 Å². The van der Waals surface area contributed by atoms with Crippen LogP contribution in [0, 0.1) is 17.2 Å². The molecule has 0 radical (unpaired) electrons. The van der Waals surface area contributed by atoms with E-state index in [2.05, 4.69) is 6.07 Å². The number of amides is 1. The van der Waals surface area contributed by atoms with Crippen LogP contribution >= 0.6 is 0 Å². The number of nitrogen functional groups attached to an aromatic ring is 1. The molecule has 5 nitrogen and oxygen atoms in total. The lowest BCUT2D eigenvalue weighted by Gasteiger charge is -2.26. The molecule has 112 valence electrons. The third-order valence-corrected chi connectivity index (χ3v) is 3.76. The van der Waals surface area contributed by atoms with Gasteiger partial charge in [-0.3, -0.25) is 4.79 Å². The van der Waals surface area contributed by atoms with Gasteiger partial charge in [-0.15, -0.1) is 0 Å². The Morgan fingerprint density at radius 3 is 3.00 bits per heavy atom. The molecule has 1 aliphatic rings. The molecule has 0 unspecified atom stereocenters. The molecule has 1 amide bonds. The van der Waals surface area contributed by atoms with E-state index in [-0.39, 0.29) is 17.9 Å². The Morgan fingerprint density at radius 2 is 2.33 bits per heavy atom. The third-order valence-electron chi connectivity index (χ3n) is 3.76. The van der Waals surface area contributed by atoms with Crippen molar-refractivity contribution in [3.05, 3.63) is 23.8 Å². The van der Waals surface area contributed by atoms with Gasteiger partial charge in [0.1, 0.15) is 24.0 Å². The normalized spacial score (nSPS) is 17.8. The number of rotatable bonds is 4. The maximum atomic E-state index is 12.1. The topological polar surface area (TPSA) is 79.3 Å². The predicted octanol–water partition coefficient (Wildman–Crippen LogP) is 2.17. The van der Waals surface area contributed by atoms with Crippen molar-refractivity contribution in [3.8, 4) is 11.8 Å². The van der Waals surface area contributed by atoms with Gasteiger partial charge in [0.25, 0.3) is 0 Å². The first-order valence-electron chi connectivity index (χ1n) is 7.26. The highest BCUT2D eigenvalue weighted by Gasteiger charge is 2.30. The number of carbonyl (C=O) groups excluding carboxylic acids is 1. The standard InChI is InChI=1S/C16H21N3O2/c1-11(2)16(20)19-8-4-5-12(19)10-21-15-7-3-6-14(18)13(15)9-17/h3,6-7,11-12H,4-5,8,10,18H2,1-2H3/t12-/m1/s1. The van der Waals surface area contributed by atoms with Crippen LogP contribution in [0.2, 0.25) is 0 Å². The summed E-state index contributed by atoms with van der Waals surface area (Å²) in [5, 5.41) is 9.13. The summed E-state index contributed by atoms with van der Waals surface area (Å²) >= 11 is 0. The van der Waals surface area contributed by atoms with E-state index in [9.17, 15) is 4.79 Å². The van der Waals surface area contributed by atoms with Crippen LogP contribution in [-0.2, 0) is 4.79 Å². The highest BCUT2D eigenvalue weighted by atomic mass is 16.5. The smallest absolute Gasteiger partial charge is 0.225 e. The monoisotopic (exact) mass is 287 g/mol. The molecule has 0 aromatic heterocycles. The molecule has 1 fully saturated rings. The number of nitrogens with zero attached hydrogens (tertiary/aromatic N) is 2. The largest absolute Gasteiger partial charge is 0.490 e. The van der Waals surface area contributed by atoms with E-state index < -0.39 is 0 Å². The number of nitrogens with two attached hydrogens (primary N) is 1. The van der Waals surface area contributed by atoms with Gasteiger partial charge in [-0.05, 0) is 25.0 Å². The molecule has 0 bridgehead atoms. The number of hydrogen-bond donors (Lipinski definition) is 1. The summed E-state index contributed by atoms with van der Waals surface area (Å²) in [6.45, 7) is 5.00. The fourth-order valence-electron chi connectivity index (χ4n) is 2.60. The molecule has 5 heteroatoms. The number of carbonyl (C=O) groups is 1. The van der Waals surface area contributed by atoms with Crippen LogP contribution in [0.25, 0.3) is 0 Å². The minimum absolute atomic E-state index is 0.00682. The molecule has 0 aliphatic carbocycles. The molecule has 1 saturated heterocycles. The lowest BCUT2D eigenvalue weighted by Crippen LogP contribution is -2.41. The first-order chi connectivity index (χ1) is 10.0. The molecule has 2 rings (SSSR count). The Kier molecular flexibility index (Phi) is 4.69. The molecule has 1 aromatic carbocycles. The molecule has 1 aromatic rings. The Balaban J connectivity index is 2.05. The summed E-state index contributed by atoms with van der Waals surface area (Å²) in [6, 6.07) is 7.31. The third kappa shape index (κ3) is 3.27. The molecule has 1 atom stereocenters. The van der Waals surface area contributed by atoms with Gasteiger partial charge in [0, 0.05) is 12.5 Å². The first kappa shape index (κ1) is 15.2. The van der Waals surface area contributed by atoms with Crippen molar-refractivity contribution in [2.45, 2.75) is 32.7 Å². The lowest BCUT2D eigenvalue weighted by molar-refractivity contribution is -0.135. The maximum absolute atomic E-state index is 12.1. The van der Waals surface area contributed by atoms with Crippen molar-refractivity contribution in [2.75, 3.05) is 18.9 Å². The minimum Gasteiger partial charge on any atom is -0.490 e. The Bertz CT molecular complexity index is 563. The SMILES string of the molecule is CC(C)C(=O)N1CCC[C@@H]1COc1cccc(N)c1C#N. The van der Waals surface area contributed by atoms with Crippen LogP contribution in [0.4, 0.5) is 5.69 Å². The molecular formula is C16H21N3O2. The van der Waals surface area contributed by atoms with Crippen molar-refractivity contribution in [3.63, 3.8) is 0 Å². The summed E-state index contributed by atoms with van der Waals surface area (Å²) in [5.41, 5.74) is 6.54. The van der Waals surface area contributed by atoms with Crippen LogP contribution in [-0.4, -0.2) is 30.0 Å². The highest BCUT2D eigenvalue weighted by molar-refractivity contribution is 5.78. The van der Waals surface area contributed by atoms with Crippen molar-refractivity contribution in [1.29, 1.82) is 5.26 Å². The van der Waals surface area contributed by atoms with Crippen LogP contribution in [0.15, 0.2) is 18.2 Å². The van der Waals surface area contributed by atoms with Crippen molar-refractivity contribution in [1.82, 2.24) is 4.90 Å². The van der Waals surface area contributed by atoms with Gasteiger partial charge in [0.15, 0.2) is 0 Å². The Hall–Kier alpha value is -2.22. The summed E-state index contributed by atoms with van der Waals surface area (Å²) < 4.78 is 5.76. The van der Waals surface area contributed by atoms with Crippen molar-refractivity contribution < 1.29 is 9.53 Å². The fraction of sp³-hybridized carbons (Fsp3) is 0.500. The Labute approximate surface area is 125 Å². The van der Waals surface area contributed by atoms with Gasteiger partial charge in [-0.2, -0.15) is 5.26 Å². The lowest BCUT2D eigenvalue weighted by atomic mass is 10.1. The number of anilines is 1. The molecule has 0 saturated carbocycles. The van der Waals surface area contributed by atoms with Crippen molar-refractivity contribution >= 4 is 11.6 Å². The summed E-state index contributed by atoms with van der Waals surface area (Å²) in [7, 11) is 0. The molecule has 1 heterocycles. The second-order valence-electron chi connectivity index (χ2n) is 5.63. The summed E-state index contributed by atoms with van der Waals surface area (Å²) in [5.74, 6) is 0.642. The van der Waals surface area contributed by atoms with E-state index in [0.717, 1.165) is 19.4 Å². The number of likely N-dealkylation sites (tertiary alicyclic amines) is 1. The van der Waals surface area contributed by atoms with Crippen LogP contribution < -0.4 is 10.5 Å². The molecule has 1 aliphatic heterocycles. The zero-order valence-electron chi connectivity index (χ0n) is 12.5. The van der Waals surface area contributed by atoms with E-state index in [1.54, 1.807) is 18.2 Å². The van der Waals surface area contributed by atoms with Gasteiger partial charge in [0.05, 0.1) is 11.7 Å². The predicted molar refractivity (Wildman–Crippen MR) is 80.6 cm³/mol. The highest BCUT2D eigenvalue weighted by Crippen LogP contribution is 2.25. The number of ether oxygens (including phenoxy) is 1. The van der Waals surface area contributed by atoms with Crippen LogP contribution in [0.3, 0.4) is 0 Å². The van der Waals surface area contributed by atoms with Crippen molar-refractivity contribution in [2.24, 2.45) is 5.92 Å². The molecule has 0 spiro atoms. The van der Waals surface area contributed by atoms with E-state index in [0.29, 0.717) is 23.6 Å². The van der Waals surface area contributed by atoms with Crippen LogP contribution in [0.1, 0.15) is 32.3 Å². The average Bonchev–Trinajstić information content (AvgIpc) is 2.92. The van der Waals surface area contributed by atoms with Crippen LogP contribution in [0.5, 0.6) is 5.75 Å². The summed E-state index contributed by atoms with van der Waals surface area (Å²) in [4.78, 5) is 14.0. The summed E-state index contributed by atoms with van der Waals surface area (Å²) in [6.07, 6.45) is 1.93. The quantitative estimate of drug-likeness (QED) is 0.861. The van der Waals surface area contributed by atoms with Gasteiger partial charge >= 0.3 is 0 Å². The second-order valence-corrected chi connectivity index (χ2v) is 5.63. The zero-order valence-corrected chi connectivity index (χ0v) is 12.5. The van der Waals surface area contributed by atoms with E-state index in [1.807, 2.05) is 18.7 Å². The average molecular weight is 287 g/mol. The number of hydrogen-bond acceptors (Lipinski definition) is 4.